The van der Waals surface area contributed by atoms with Crippen LogP contribution in [0.25, 0.3) is 0 Å². The number of anilines is 1. The summed E-state index contributed by atoms with van der Waals surface area (Å²) in [4.78, 5) is 10.8. The Labute approximate surface area is 91.5 Å². The summed E-state index contributed by atoms with van der Waals surface area (Å²) in [7, 11) is 0. The molecule has 0 aromatic heterocycles. The molecule has 0 fully saturated rings. The van der Waals surface area contributed by atoms with Crippen LogP contribution in [0.2, 0.25) is 0 Å². The second-order valence-corrected chi connectivity index (χ2v) is 3.82. The highest BCUT2D eigenvalue weighted by Gasteiger charge is 2.08. The van der Waals surface area contributed by atoms with E-state index in [1.807, 2.05) is 12.1 Å². The zero-order valence-corrected chi connectivity index (χ0v) is 9.55. The van der Waals surface area contributed by atoms with E-state index in [1.54, 1.807) is 0 Å². The van der Waals surface area contributed by atoms with E-state index >= 15 is 0 Å². The maximum atomic E-state index is 10.8. The Hall–Kier alpha value is -1.31. The van der Waals surface area contributed by atoms with Crippen LogP contribution in [0.5, 0.6) is 0 Å². The van der Waals surface area contributed by atoms with Crippen LogP contribution in [-0.2, 0) is 12.8 Å². The second-order valence-electron chi connectivity index (χ2n) is 3.82. The zero-order chi connectivity index (χ0) is 11.3. The number of aryl methyl sites for hydroxylation is 1. The first kappa shape index (κ1) is 11.8. The molecule has 82 valence electrons. The minimum atomic E-state index is 0.623. The normalized spacial score (nSPS) is 10.3. The van der Waals surface area contributed by atoms with Gasteiger partial charge in [-0.25, -0.2) is 0 Å². The van der Waals surface area contributed by atoms with Gasteiger partial charge in [0.05, 0.1) is 0 Å². The molecule has 2 N–H and O–H groups in total. The molecule has 15 heavy (non-hydrogen) atoms. The first-order valence-electron chi connectivity index (χ1n) is 5.60. The maximum Gasteiger partial charge on any atom is 0.152 e. The molecule has 0 heterocycles. The van der Waals surface area contributed by atoms with Crippen molar-refractivity contribution in [2.24, 2.45) is 0 Å². The van der Waals surface area contributed by atoms with Crippen LogP contribution in [0.15, 0.2) is 12.1 Å². The van der Waals surface area contributed by atoms with Crippen molar-refractivity contribution in [3.63, 3.8) is 0 Å². The summed E-state index contributed by atoms with van der Waals surface area (Å²) in [6.07, 6.45) is 5.01. The molecule has 1 rings (SSSR count). The van der Waals surface area contributed by atoms with Crippen LogP contribution in [0.4, 0.5) is 5.69 Å². The molecule has 0 unspecified atom stereocenters. The zero-order valence-electron chi connectivity index (χ0n) is 9.55. The largest absolute Gasteiger partial charge is 0.398 e. The van der Waals surface area contributed by atoms with E-state index in [-0.39, 0.29) is 0 Å². The molecule has 0 spiro atoms. The van der Waals surface area contributed by atoms with Gasteiger partial charge in [-0.05, 0) is 30.0 Å². The molecule has 0 radical (unpaired) electrons. The lowest BCUT2D eigenvalue weighted by Gasteiger charge is -2.12. The van der Waals surface area contributed by atoms with Gasteiger partial charge in [0.1, 0.15) is 0 Å². The number of carbonyl (C=O) groups is 1. The third-order valence-electron chi connectivity index (χ3n) is 2.63. The number of benzene rings is 1. The Bertz CT molecular complexity index is 345. The Kier molecular flexibility index (Phi) is 4.35. The number of hydrogen-bond donors (Lipinski definition) is 1. The predicted octanol–water partition coefficient (Wildman–Crippen LogP) is 2.99. The highest BCUT2D eigenvalue weighted by molar-refractivity contribution is 5.85. The SMILES string of the molecule is CCCc1ccc(C=O)c(N)c1CCC. The molecule has 0 amide bonds. The van der Waals surface area contributed by atoms with E-state index < -0.39 is 0 Å². The molecule has 0 saturated carbocycles. The van der Waals surface area contributed by atoms with E-state index in [2.05, 4.69) is 13.8 Å². The third-order valence-corrected chi connectivity index (χ3v) is 2.63. The number of nitrogen functional groups attached to an aromatic ring is 1. The molecule has 0 aliphatic rings. The van der Waals surface area contributed by atoms with E-state index in [4.69, 9.17) is 5.73 Å². The molecule has 0 saturated heterocycles. The first-order valence-corrected chi connectivity index (χ1v) is 5.60. The van der Waals surface area contributed by atoms with Gasteiger partial charge >= 0.3 is 0 Å². The van der Waals surface area contributed by atoms with Gasteiger partial charge in [-0.15, -0.1) is 0 Å². The first-order chi connectivity index (χ1) is 7.24. The average Bonchev–Trinajstić information content (AvgIpc) is 2.24. The Balaban J connectivity index is 3.17. The molecular weight excluding hydrogens is 186 g/mol. The van der Waals surface area contributed by atoms with Crippen LogP contribution in [0.1, 0.15) is 48.2 Å². The minimum absolute atomic E-state index is 0.623. The highest BCUT2D eigenvalue weighted by Crippen LogP contribution is 2.23. The van der Waals surface area contributed by atoms with Crippen molar-refractivity contribution in [3.05, 3.63) is 28.8 Å². The van der Waals surface area contributed by atoms with Gasteiger partial charge in [-0.3, -0.25) is 4.79 Å². The van der Waals surface area contributed by atoms with Gasteiger partial charge in [-0.1, -0.05) is 32.8 Å². The van der Waals surface area contributed by atoms with Crippen LogP contribution in [0, 0.1) is 0 Å². The summed E-state index contributed by atoms with van der Waals surface area (Å²) in [5.74, 6) is 0. The van der Waals surface area contributed by atoms with Crippen LogP contribution in [-0.4, -0.2) is 6.29 Å². The lowest BCUT2D eigenvalue weighted by molar-refractivity contribution is 0.112. The summed E-state index contributed by atoms with van der Waals surface area (Å²) in [5, 5.41) is 0. The number of aldehydes is 1. The molecule has 1 aromatic rings. The number of carbonyl (C=O) groups excluding carboxylic acids is 1. The molecule has 0 atom stereocenters. The fourth-order valence-corrected chi connectivity index (χ4v) is 1.88. The van der Waals surface area contributed by atoms with Gasteiger partial charge in [0.15, 0.2) is 6.29 Å². The summed E-state index contributed by atoms with van der Waals surface area (Å²) >= 11 is 0. The van der Waals surface area contributed by atoms with E-state index in [0.29, 0.717) is 11.3 Å². The molecule has 0 bridgehead atoms. The van der Waals surface area contributed by atoms with Gasteiger partial charge in [-0.2, -0.15) is 0 Å². The Morgan fingerprint density at radius 1 is 1.20 bits per heavy atom. The number of hydrogen-bond acceptors (Lipinski definition) is 2. The lowest BCUT2D eigenvalue weighted by Crippen LogP contribution is -2.03. The van der Waals surface area contributed by atoms with Crippen molar-refractivity contribution in [1.82, 2.24) is 0 Å². The minimum Gasteiger partial charge on any atom is -0.398 e. The Morgan fingerprint density at radius 2 is 1.87 bits per heavy atom. The smallest absolute Gasteiger partial charge is 0.152 e. The summed E-state index contributed by atoms with van der Waals surface area (Å²) in [5.41, 5.74) is 9.75. The van der Waals surface area contributed by atoms with Gasteiger partial charge in [0.2, 0.25) is 0 Å². The third kappa shape index (κ3) is 2.58. The van der Waals surface area contributed by atoms with Gasteiger partial charge in [0, 0.05) is 11.3 Å². The molecule has 0 aliphatic heterocycles. The Morgan fingerprint density at radius 3 is 2.40 bits per heavy atom. The fraction of sp³-hybridized carbons (Fsp3) is 0.462. The summed E-state index contributed by atoms with van der Waals surface area (Å²) in [6, 6.07) is 3.86. The molecule has 1 aromatic carbocycles. The van der Waals surface area contributed by atoms with Crippen LogP contribution >= 0.6 is 0 Å². The lowest BCUT2D eigenvalue weighted by atomic mass is 9.95. The van der Waals surface area contributed by atoms with Crippen molar-refractivity contribution in [1.29, 1.82) is 0 Å². The van der Waals surface area contributed by atoms with Crippen LogP contribution in [0.3, 0.4) is 0 Å². The van der Waals surface area contributed by atoms with Crippen molar-refractivity contribution < 1.29 is 4.79 Å². The van der Waals surface area contributed by atoms with Gasteiger partial charge < -0.3 is 5.73 Å². The molecular formula is C13H19NO. The van der Waals surface area contributed by atoms with Crippen molar-refractivity contribution >= 4 is 12.0 Å². The number of nitrogens with two attached hydrogens (primary N) is 1. The van der Waals surface area contributed by atoms with Crippen molar-refractivity contribution in [2.45, 2.75) is 39.5 Å². The van der Waals surface area contributed by atoms with E-state index in [9.17, 15) is 4.79 Å². The molecule has 2 nitrogen and oxygen atoms in total. The second kappa shape index (κ2) is 5.54. The standard InChI is InChI=1S/C13H19NO/c1-3-5-10-7-8-11(9-15)13(14)12(10)6-4-2/h7-9H,3-6,14H2,1-2H3. The average molecular weight is 205 g/mol. The topological polar surface area (TPSA) is 43.1 Å². The van der Waals surface area contributed by atoms with Crippen molar-refractivity contribution in [2.75, 3.05) is 5.73 Å². The van der Waals surface area contributed by atoms with E-state index in [0.717, 1.165) is 32.0 Å². The summed E-state index contributed by atoms with van der Waals surface area (Å²) < 4.78 is 0. The number of rotatable bonds is 5. The monoisotopic (exact) mass is 205 g/mol. The fourth-order valence-electron chi connectivity index (χ4n) is 1.88. The quantitative estimate of drug-likeness (QED) is 0.593. The summed E-state index contributed by atoms with van der Waals surface area (Å²) in [6.45, 7) is 4.28. The van der Waals surface area contributed by atoms with Crippen LogP contribution < -0.4 is 5.73 Å². The van der Waals surface area contributed by atoms with Gasteiger partial charge in [0.25, 0.3) is 0 Å². The predicted molar refractivity (Wildman–Crippen MR) is 64.2 cm³/mol. The highest BCUT2D eigenvalue weighted by atomic mass is 16.1. The maximum absolute atomic E-state index is 10.8. The van der Waals surface area contributed by atoms with E-state index in [1.165, 1.54) is 11.1 Å². The van der Waals surface area contributed by atoms with Crippen molar-refractivity contribution in [3.8, 4) is 0 Å². The molecule has 2 heteroatoms. The molecule has 0 aliphatic carbocycles.